The molecule has 10 nitrogen and oxygen atoms in total. The Morgan fingerprint density at radius 3 is 2.11 bits per heavy atom. The molecule has 0 saturated carbocycles. The van der Waals surface area contributed by atoms with Crippen molar-refractivity contribution in [2.45, 2.75) is 17.6 Å². The first-order valence-corrected chi connectivity index (χ1v) is 11.5. The van der Waals surface area contributed by atoms with E-state index >= 15 is 0 Å². The number of aromatic nitrogens is 4. The summed E-state index contributed by atoms with van der Waals surface area (Å²) in [6.07, 6.45) is -5.91. The first-order valence-electron chi connectivity index (χ1n) is 9.62. The van der Waals surface area contributed by atoms with Crippen molar-refractivity contribution in [3.05, 3.63) is 70.7 Å². The van der Waals surface area contributed by atoms with Crippen LogP contribution in [0.5, 0.6) is 0 Å². The Balaban J connectivity index is 0.000000572. The van der Waals surface area contributed by atoms with Crippen LogP contribution in [0.3, 0.4) is 0 Å². The van der Waals surface area contributed by atoms with Crippen LogP contribution in [0.15, 0.2) is 69.9 Å². The zero-order valence-corrected chi connectivity index (χ0v) is 19.1. The number of halogens is 5. The van der Waals surface area contributed by atoms with Crippen molar-refractivity contribution < 1.29 is 40.3 Å². The second kappa shape index (κ2) is 11.2. The molecule has 0 spiro atoms. The molecule has 0 saturated heterocycles. The lowest BCUT2D eigenvalue weighted by molar-refractivity contribution is -0.192. The van der Waals surface area contributed by atoms with Crippen molar-refractivity contribution in [1.82, 2.24) is 19.8 Å². The summed E-state index contributed by atoms with van der Waals surface area (Å²) < 4.78 is 82.3. The van der Waals surface area contributed by atoms with Gasteiger partial charge in [0.25, 0.3) is 6.08 Å². The van der Waals surface area contributed by atoms with E-state index in [9.17, 15) is 35.2 Å². The van der Waals surface area contributed by atoms with Crippen LogP contribution in [0.4, 0.5) is 22.0 Å². The molecule has 0 fully saturated rings. The number of alkyl halides is 3. The molecule has 0 unspecified atom stereocenters. The van der Waals surface area contributed by atoms with Gasteiger partial charge in [-0.15, -0.1) is 0 Å². The number of nitrogens with two attached hydrogens (primary N) is 1. The van der Waals surface area contributed by atoms with Crippen LogP contribution < -0.4 is 11.4 Å². The zero-order valence-electron chi connectivity index (χ0n) is 18.3. The molecule has 2 aromatic carbocycles. The molecule has 0 aliphatic carbocycles. The molecule has 0 amide bonds. The number of tetrazole rings is 1. The van der Waals surface area contributed by atoms with Gasteiger partial charge in [-0.05, 0) is 45.8 Å². The quantitative estimate of drug-likeness (QED) is 0.457. The molecule has 3 N–H and O–H groups in total. The van der Waals surface area contributed by atoms with Gasteiger partial charge < -0.3 is 10.8 Å². The van der Waals surface area contributed by atoms with Crippen molar-refractivity contribution in [3.8, 4) is 16.8 Å². The van der Waals surface area contributed by atoms with Gasteiger partial charge in [0, 0.05) is 18.4 Å². The molecule has 0 aliphatic heterocycles. The van der Waals surface area contributed by atoms with Crippen molar-refractivity contribution in [2.75, 3.05) is 12.8 Å². The van der Waals surface area contributed by atoms with E-state index in [-0.39, 0.29) is 4.90 Å². The third-order valence-corrected chi connectivity index (χ3v) is 5.57. The van der Waals surface area contributed by atoms with Crippen LogP contribution in [0, 0.1) is 0 Å². The summed E-state index contributed by atoms with van der Waals surface area (Å²) in [5.74, 6) is -2.76. The Morgan fingerprint density at radius 1 is 1.06 bits per heavy atom. The summed E-state index contributed by atoms with van der Waals surface area (Å²) in [5, 5.41) is 14.5. The first kappa shape index (κ1) is 28.3. The lowest BCUT2D eigenvalue weighted by atomic mass is 10.1. The van der Waals surface area contributed by atoms with Gasteiger partial charge in [-0.3, -0.25) is 0 Å². The van der Waals surface area contributed by atoms with E-state index in [0.29, 0.717) is 11.3 Å². The summed E-state index contributed by atoms with van der Waals surface area (Å²) >= 11 is 0. The molecule has 1 aromatic heterocycles. The standard InChI is InChI=1S/C18H17F2N5O3S.C2HF3O2/c1-29(27,28)16-7-5-12(6-8-16)13-3-2-4-15(9-13)25-18(26)24(22-23-25)11-14(10-21)17(19)20;3-2(4,5)1(6)7/h2-9H,10-11,21H2,1H3;(H,6,7). The number of hydrogen-bond acceptors (Lipinski definition) is 7. The number of carboxylic acid groups (broad SMARTS) is 1. The topological polar surface area (TPSA) is 150 Å². The van der Waals surface area contributed by atoms with E-state index in [1.807, 2.05) is 0 Å². The Labute approximate surface area is 200 Å². The van der Waals surface area contributed by atoms with Crippen molar-refractivity contribution in [3.63, 3.8) is 0 Å². The van der Waals surface area contributed by atoms with Gasteiger partial charge in [-0.2, -0.15) is 31.3 Å². The van der Waals surface area contributed by atoms with E-state index in [2.05, 4.69) is 10.4 Å². The number of aliphatic carboxylic acids is 1. The SMILES string of the molecule is CS(=O)(=O)c1ccc(-c2cccc(-n3nnn(CC(CN)=C(F)F)c3=O)c2)cc1.O=C(O)C(F)(F)F. The van der Waals surface area contributed by atoms with Crippen LogP contribution in [0.2, 0.25) is 0 Å². The zero-order chi connectivity index (χ0) is 27.3. The Kier molecular flexibility index (Phi) is 8.82. The second-order valence-corrected chi connectivity index (χ2v) is 9.06. The summed E-state index contributed by atoms with van der Waals surface area (Å²) in [6.45, 7) is -0.856. The van der Waals surface area contributed by atoms with Crippen LogP contribution in [-0.2, 0) is 21.2 Å². The molecule has 16 heteroatoms. The monoisotopic (exact) mass is 535 g/mol. The number of rotatable bonds is 6. The van der Waals surface area contributed by atoms with E-state index in [0.717, 1.165) is 21.2 Å². The number of nitrogens with zero attached hydrogens (tertiary/aromatic N) is 4. The average Bonchev–Trinajstić information content (AvgIpc) is 3.16. The molecule has 0 bridgehead atoms. The molecule has 0 aliphatic rings. The summed E-state index contributed by atoms with van der Waals surface area (Å²) in [5.41, 5.74) is 5.99. The van der Waals surface area contributed by atoms with E-state index in [1.54, 1.807) is 36.4 Å². The highest BCUT2D eigenvalue weighted by Gasteiger charge is 2.38. The fraction of sp³-hybridized carbons (Fsp3) is 0.200. The van der Waals surface area contributed by atoms with Crippen molar-refractivity contribution >= 4 is 15.8 Å². The largest absolute Gasteiger partial charge is 0.490 e. The van der Waals surface area contributed by atoms with Gasteiger partial charge in [0.05, 0.1) is 17.1 Å². The predicted octanol–water partition coefficient (Wildman–Crippen LogP) is 2.24. The normalized spacial score (nSPS) is 11.4. The smallest absolute Gasteiger partial charge is 0.475 e. The van der Waals surface area contributed by atoms with E-state index < -0.39 is 52.4 Å². The van der Waals surface area contributed by atoms with Gasteiger partial charge in [0.15, 0.2) is 9.84 Å². The molecule has 0 radical (unpaired) electrons. The van der Waals surface area contributed by atoms with E-state index in [4.69, 9.17) is 15.6 Å². The third kappa shape index (κ3) is 7.29. The third-order valence-electron chi connectivity index (χ3n) is 4.44. The minimum absolute atomic E-state index is 0.195. The molecular formula is C20H18F5N5O5S. The van der Waals surface area contributed by atoms with Crippen LogP contribution >= 0.6 is 0 Å². The van der Waals surface area contributed by atoms with Gasteiger partial charge >= 0.3 is 17.8 Å². The minimum atomic E-state index is -5.08. The van der Waals surface area contributed by atoms with Crippen LogP contribution in [0.1, 0.15) is 0 Å². The lowest BCUT2D eigenvalue weighted by Gasteiger charge is -2.06. The lowest BCUT2D eigenvalue weighted by Crippen LogP contribution is -2.26. The number of sulfone groups is 1. The number of carbonyl (C=O) groups is 1. The maximum Gasteiger partial charge on any atom is 0.490 e. The number of hydrogen-bond donors (Lipinski definition) is 2. The van der Waals surface area contributed by atoms with Gasteiger partial charge in [-0.1, -0.05) is 24.3 Å². The van der Waals surface area contributed by atoms with Gasteiger partial charge in [0.1, 0.15) is 0 Å². The molecule has 3 rings (SSSR count). The molecule has 3 aromatic rings. The highest BCUT2D eigenvalue weighted by atomic mass is 32.2. The number of carboxylic acids is 1. The second-order valence-electron chi connectivity index (χ2n) is 7.05. The van der Waals surface area contributed by atoms with Gasteiger partial charge in [0.2, 0.25) is 0 Å². The van der Waals surface area contributed by atoms with Crippen molar-refractivity contribution in [2.24, 2.45) is 5.73 Å². The molecule has 0 atom stereocenters. The molecular weight excluding hydrogens is 517 g/mol. The fourth-order valence-electron chi connectivity index (χ4n) is 2.63. The molecule has 194 valence electrons. The fourth-order valence-corrected chi connectivity index (χ4v) is 3.26. The Hall–Kier alpha value is -3.92. The molecule has 36 heavy (non-hydrogen) atoms. The number of benzene rings is 2. The Morgan fingerprint density at radius 2 is 1.64 bits per heavy atom. The van der Waals surface area contributed by atoms with Gasteiger partial charge in [-0.25, -0.2) is 18.0 Å². The van der Waals surface area contributed by atoms with Crippen molar-refractivity contribution in [1.29, 1.82) is 0 Å². The van der Waals surface area contributed by atoms with Crippen LogP contribution in [0.25, 0.3) is 16.8 Å². The highest BCUT2D eigenvalue weighted by molar-refractivity contribution is 7.90. The highest BCUT2D eigenvalue weighted by Crippen LogP contribution is 2.23. The summed E-state index contributed by atoms with van der Waals surface area (Å²) in [7, 11) is -3.31. The first-order chi connectivity index (χ1) is 16.6. The Bertz CT molecular complexity index is 1430. The maximum atomic E-state index is 12.8. The minimum Gasteiger partial charge on any atom is -0.475 e. The predicted molar refractivity (Wildman–Crippen MR) is 116 cm³/mol. The summed E-state index contributed by atoms with van der Waals surface area (Å²) in [6, 6.07) is 13.0. The van der Waals surface area contributed by atoms with E-state index in [1.165, 1.54) is 12.1 Å². The summed E-state index contributed by atoms with van der Waals surface area (Å²) in [4.78, 5) is 21.6. The molecule has 1 heterocycles. The average molecular weight is 535 g/mol. The maximum absolute atomic E-state index is 12.8. The van der Waals surface area contributed by atoms with Crippen LogP contribution in [-0.4, -0.2) is 58.3 Å².